The van der Waals surface area contributed by atoms with E-state index in [0.717, 1.165) is 0 Å². The van der Waals surface area contributed by atoms with E-state index in [1.54, 1.807) is 66.6 Å². The van der Waals surface area contributed by atoms with Gasteiger partial charge in [0.25, 0.3) is 5.91 Å². The first-order chi connectivity index (χ1) is 14.0. The van der Waals surface area contributed by atoms with E-state index in [1.165, 1.54) is 4.31 Å². The van der Waals surface area contributed by atoms with E-state index in [9.17, 15) is 13.2 Å². The predicted octanol–water partition coefficient (Wildman–Crippen LogP) is 2.35. The van der Waals surface area contributed by atoms with E-state index in [1.807, 2.05) is 0 Å². The normalized spacial score (nSPS) is 19.4. The van der Waals surface area contributed by atoms with Gasteiger partial charge in [0.1, 0.15) is 11.5 Å². The summed E-state index contributed by atoms with van der Waals surface area (Å²) in [4.78, 5) is 14.8. The first kappa shape index (κ1) is 19.9. The minimum atomic E-state index is -3.65. The third-order valence-electron chi connectivity index (χ3n) is 5.62. The summed E-state index contributed by atoms with van der Waals surface area (Å²) in [7, 11) is -2.07. The maximum absolute atomic E-state index is 13.2. The fourth-order valence-corrected chi connectivity index (χ4v) is 5.77. The molecule has 0 aliphatic carbocycles. The number of hydrogen-bond acceptors (Lipinski definition) is 5. The Morgan fingerprint density at radius 1 is 1.00 bits per heavy atom. The van der Waals surface area contributed by atoms with Crippen LogP contribution < -0.4 is 4.74 Å². The number of nitrogens with zero attached hydrogens (tertiary/aromatic N) is 2. The van der Waals surface area contributed by atoms with Crippen molar-refractivity contribution in [3.05, 3.63) is 60.2 Å². The molecule has 2 aromatic carbocycles. The molecule has 7 nitrogen and oxygen atoms in total. The van der Waals surface area contributed by atoms with Crippen molar-refractivity contribution in [1.29, 1.82) is 0 Å². The monoisotopic (exact) mass is 416 g/mol. The molecule has 0 atom stereocenters. The molecule has 4 rings (SSSR count). The molecule has 0 unspecified atom stereocenters. The number of carbonyl (C=O) groups excluding carboxylic acids is 1. The Morgan fingerprint density at radius 2 is 1.66 bits per heavy atom. The Kier molecular flexibility index (Phi) is 5.33. The summed E-state index contributed by atoms with van der Waals surface area (Å²) in [6.45, 7) is 1.56. The molecular weight excluding hydrogens is 392 g/mol. The van der Waals surface area contributed by atoms with Crippen LogP contribution in [0.3, 0.4) is 0 Å². The molecule has 154 valence electrons. The molecule has 8 heteroatoms. The molecule has 1 amide bonds. The largest absolute Gasteiger partial charge is 0.497 e. The zero-order chi connectivity index (χ0) is 20.5. The fourth-order valence-electron chi connectivity index (χ4n) is 4.02. The van der Waals surface area contributed by atoms with Gasteiger partial charge in [0.15, 0.2) is 0 Å². The molecule has 0 bridgehead atoms. The number of sulfonamides is 1. The van der Waals surface area contributed by atoms with Crippen LogP contribution in [0, 0.1) is 0 Å². The molecule has 29 heavy (non-hydrogen) atoms. The summed E-state index contributed by atoms with van der Waals surface area (Å²) >= 11 is 0. The van der Waals surface area contributed by atoms with Gasteiger partial charge in [-0.05, 0) is 36.4 Å². The molecule has 2 aromatic rings. The third-order valence-corrected chi connectivity index (χ3v) is 7.58. The van der Waals surface area contributed by atoms with Crippen molar-refractivity contribution >= 4 is 15.9 Å². The highest BCUT2D eigenvalue weighted by Crippen LogP contribution is 2.38. The molecular formula is C21H24N2O5S. The molecule has 0 N–H and O–H groups in total. The molecule has 2 aliphatic rings. The SMILES string of the molecule is COc1ccc(C(=O)N2CCC3(CC2)OCCN3S(=O)(=O)c2ccccc2)cc1. The number of likely N-dealkylation sites (tertiary alicyclic amines) is 1. The van der Waals surface area contributed by atoms with Crippen LogP contribution in [0.25, 0.3) is 0 Å². The second kappa shape index (κ2) is 7.78. The van der Waals surface area contributed by atoms with Crippen LogP contribution in [0.15, 0.2) is 59.5 Å². The van der Waals surface area contributed by atoms with E-state index >= 15 is 0 Å². The Bertz CT molecular complexity index is 968. The highest BCUT2D eigenvalue weighted by atomic mass is 32.2. The van der Waals surface area contributed by atoms with Crippen LogP contribution in [0.5, 0.6) is 5.75 Å². The number of ether oxygens (including phenoxy) is 2. The van der Waals surface area contributed by atoms with E-state index in [2.05, 4.69) is 0 Å². The summed E-state index contributed by atoms with van der Waals surface area (Å²) < 4.78 is 38.9. The lowest BCUT2D eigenvalue weighted by molar-refractivity contribution is -0.0857. The van der Waals surface area contributed by atoms with Gasteiger partial charge >= 0.3 is 0 Å². The zero-order valence-electron chi connectivity index (χ0n) is 16.3. The molecule has 2 heterocycles. The Hall–Kier alpha value is -2.42. The van der Waals surface area contributed by atoms with Gasteiger partial charge in [-0.15, -0.1) is 0 Å². The summed E-state index contributed by atoms with van der Waals surface area (Å²) in [6, 6.07) is 15.4. The van der Waals surface area contributed by atoms with E-state index in [4.69, 9.17) is 9.47 Å². The minimum absolute atomic E-state index is 0.0713. The molecule has 0 aromatic heterocycles. The topological polar surface area (TPSA) is 76.2 Å². The number of rotatable bonds is 4. The van der Waals surface area contributed by atoms with Crippen molar-refractivity contribution in [2.45, 2.75) is 23.5 Å². The summed E-state index contributed by atoms with van der Waals surface area (Å²) in [5, 5.41) is 0. The second-order valence-corrected chi connectivity index (χ2v) is 9.07. The average molecular weight is 416 g/mol. The lowest BCUT2D eigenvalue weighted by Gasteiger charge is -2.42. The van der Waals surface area contributed by atoms with Crippen molar-refractivity contribution in [2.75, 3.05) is 33.4 Å². The molecule has 2 saturated heterocycles. The van der Waals surface area contributed by atoms with Crippen molar-refractivity contribution < 1.29 is 22.7 Å². The second-order valence-electron chi connectivity index (χ2n) is 7.21. The standard InChI is InChI=1S/C21H24N2O5S/c1-27-18-9-7-17(8-10-18)20(24)22-13-11-21(12-14-22)23(15-16-28-21)29(25,26)19-5-3-2-4-6-19/h2-10H,11-16H2,1H3. The lowest BCUT2D eigenvalue weighted by Crippen LogP contribution is -2.55. The van der Waals surface area contributed by atoms with Gasteiger partial charge in [-0.3, -0.25) is 4.79 Å². The van der Waals surface area contributed by atoms with Crippen LogP contribution in [0.1, 0.15) is 23.2 Å². The van der Waals surface area contributed by atoms with Gasteiger partial charge in [-0.2, -0.15) is 4.31 Å². The van der Waals surface area contributed by atoms with E-state index in [0.29, 0.717) is 50.4 Å². The van der Waals surface area contributed by atoms with Gasteiger partial charge in [-0.25, -0.2) is 8.42 Å². The maximum Gasteiger partial charge on any atom is 0.253 e. The van der Waals surface area contributed by atoms with Crippen LogP contribution in [0.4, 0.5) is 0 Å². The van der Waals surface area contributed by atoms with Crippen LogP contribution in [0.2, 0.25) is 0 Å². The van der Waals surface area contributed by atoms with Crippen molar-refractivity contribution in [1.82, 2.24) is 9.21 Å². The van der Waals surface area contributed by atoms with Gasteiger partial charge in [0.2, 0.25) is 10.0 Å². The van der Waals surface area contributed by atoms with E-state index < -0.39 is 15.7 Å². The van der Waals surface area contributed by atoms with Crippen molar-refractivity contribution in [2.24, 2.45) is 0 Å². The number of piperidine rings is 1. The Labute approximate surface area is 170 Å². The van der Waals surface area contributed by atoms with Gasteiger partial charge in [0, 0.05) is 38.0 Å². The number of carbonyl (C=O) groups is 1. The molecule has 2 aliphatic heterocycles. The van der Waals surface area contributed by atoms with Crippen LogP contribution in [-0.2, 0) is 14.8 Å². The molecule has 0 saturated carbocycles. The summed E-state index contributed by atoms with van der Waals surface area (Å²) in [5.74, 6) is 0.623. The average Bonchev–Trinajstić information content (AvgIpc) is 3.18. The number of benzene rings is 2. The Morgan fingerprint density at radius 3 is 2.28 bits per heavy atom. The molecule has 1 spiro atoms. The highest BCUT2D eigenvalue weighted by molar-refractivity contribution is 7.89. The maximum atomic E-state index is 13.2. The molecule has 0 radical (unpaired) electrons. The predicted molar refractivity (Wildman–Crippen MR) is 107 cm³/mol. The number of amides is 1. The number of hydrogen-bond donors (Lipinski definition) is 0. The van der Waals surface area contributed by atoms with Gasteiger partial charge < -0.3 is 14.4 Å². The quantitative estimate of drug-likeness (QED) is 0.765. The third kappa shape index (κ3) is 3.63. The Balaban J connectivity index is 1.49. The number of methoxy groups -OCH3 is 1. The minimum Gasteiger partial charge on any atom is -0.497 e. The zero-order valence-corrected chi connectivity index (χ0v) is 17.1. The smallest absolute Gasteiger partial charge is 0.253 e. The summed E-state index contributed by atoms with van der Waals surface area (Å²) in [5.41, 5.74) is -0.298. The first-order valence-electron chi connectivity index (χ1n) is 9.61. The summed E-state index contributed by atoms with van der Waals surface area (Å²) in [6.07, 6.45) is 0.891. The van der Waals surface area contributed by atoms with Crippen molar-refractivity contribution in [3.63, 3.8) is 0 Å². The van der Waals surface area contributed by atoms with Crippen LogP contribution in [-0.4, -0.2) is 62.6 Å². The lowest BCUT2D eigenvalue weighted by atomic mass is 10.00. The first-order valence-corrected chi connectivity index (χ1v) is 11.1. The fraction of sp³-hybridized carbons (Fsp3) is 0.381. The highest BCUT2D eigenvalue weighted by Gasteiger charge is 2.50. The van der Waals surface area contributed by atoms with Gasteiger partial charge in [0.05, 0.1) is 18.6 Å². The van der Waals surface area contributed by atoms with E-state index in [-0.39, 0.29) is 10.8 Å². The van der Waals surface area contributed by atoms with Crippen LogP contribution >= 0.6 is 0 Å². The molecule has 2 fully saturated rings. The van der Waals surface area contributed by atoms with Crippen molar-refractivity contribution in [3.8, 4) is 5.75 Å². The van der Waals surface area contributed by atoms with Gasteiger partial charge in [-0.1, -0.05) is 18.2 Å².